The highest BCUT2D eigenvalue weighted by Crippen LogP contribution is 2.29. The van der Waals surface area contributed by atoms with Crippen molar-refractivity contribution in [1.82, 2.24) is 10.4 Å². The molecule has 1 N–H and O–H groups in total. The van der Waals surface area contributed by atoms with Gasteiger partial charge in [-0.05, 0) is 51.1 Å². The van der Waals surface area contributed by atoms with Gasteiger partial charge in [-0.3, -0.25) is 25.1 Å². The second kappa shape index (κ2) is 8.34. The molecule has 148 valence electrons. The molecule has 10 heteroatoms. The molecule has 0 aliphatic rings. The van der Waals surface area contributed by atoms with E-state index in [1.54, 1.807) is 20.8 Å². The molecule has 2 aromatic rings. The second-order valence-electron chi connectivity index (χ2n) is 6.77. The first-order valence-corrected chi connectivity index (χ1v) is 9.10. The average molecular weight is 445 g/mol. The lowest BCUT2D eigenvalue weighted by molar-refractivity contribution is -0.385. The predicted molar refractivity (Wildman–Crippen MR) is 108 cm³/mol. The summed E-state index contributed by atoms with van der Waals surface area (Å²) in [6.45, 7) is 5.05. The molecule has 0 aliphatic carbocycles. The smallest absolute Gasteiger partial charge is 0.267 e. The summed E-state index contributed by atoms with van der Waals surface area (Å²) in [5, 5.41) is 12.6. The van der Waals surface area contributed by atoms with Crippen molar-refractivity contribution in [2.75, 3.05) is 0 Å². The van der Waals surface area contributed by atoms with Gasteiger partial charge in [0.2, 0.25) is 0 Å². The summed E-state index contributed by atoms with van der Waals surface area (Å²) in [5.41, 5.74) is 0.842. The zero-order valence-electron chi connectivity index (χ0n) is 15.1. The van der Waals surface area contributed by atoms with E-state index in [1.807, 2.05) is 0 Å². The van der Waals surface area contributed by atoms with Gasteiger partial charge in [0.1, 0.15) is 10.6 Å². The van der Waals surface area contributed by atoms with Crippen molar-refractivity contribution in [3.8, 4) is 0 Å². The van der Waals surface area contributed by atoms with E-state index < -0.39 is 28.0 Å². The van der Waals surface area contributed by atoms with Gasteiger partial charge in [-0.1, -0.05) is 40.9 Å². The molecule has 0 unspecified atom stereocenters. The summed E-state index contributed by atoms with van der Waals surface area (Å²) in [7, 11) is 0. The zero-order chi connectivity index (χ0) is 21.2. The van der Waals surface area contributed by atoms with Crippen molar-refractivity contribution in [2.45, 2.75) is 26.3 Å². The fourth-order valence-corrected chi connectivity index (χ4v) is 3.09. The molecule has 0 atom stereocenters. The first-order valence-electron chi connectivity index (χ1n) is 7.97. The van der Waals surface area contributed by atoms with E-state index >= 15 is 0 Å². The Hall–Kier alpha value is -2.35. The van der Waals surface area contributed by atoms with Gasteiger partial charge < -0.3 is 0 Å². The third-order valence-corrected chi connectivity index (χ3v) is 4.52. The molecular formula is C18H16Cl3N3O4. The van der Waals surface area contributed by atoms with E-state index in [9.17, 15) is 19.7 Å². The summed E-state index contributed by atoms with van der Waals surface area (Å²) in [6.07, 6.45) is 0. The number of carbonyl (C=O) groups excluding carboxylic acids is 2. The van der Waals surface area contributed by atoms with Crippen LogP contribution in [0, 0.1) is 10.1 Å². The molecule has 7 nitrogen and oxygen atoms in total. The highest BCUT2D eigenvalue weighted by molar-refractivity contribution is 6.36. The van der Waals surface area contributed by atoms with Crippen molar-refractivity contribution in [3.63, 3.8) is 0 Å². The van der Waals surface area contributed by atoms with E-state index in [0.717, 1.165) is 5.01 Å². The SMILES string of the molecule is CC(C)(C)N(NC(=O)c1cccc(Cl)c1[N+](=O)[O-])C(=O)c1ccc(Cl)cc1Cl. The fraction of sp³-hybridized carbons (Fsp3) is 0.222. The number of benzene rings is 2. The van der Waals surface area contributed by atoms with E-state index in [0.29, 0.717) is 5.02 Å². The third-order valence-electron chi connectivity index (χ3n) is 3.66. The Morgan fingerprint density at radius 2 is 1.68 bits per heavy atom. The average Bonchev–Trinajstić information content (AvgIpc) is 2.57. The molecule has 0 bridgehead atoms. The minimum atomic E-state index is -0.872. The van der Waals surface area contributed by atoms with Gasteiger partial charge in [-0.2, -0.15) is 0 Å². The van der Waals surface area contributed by atoms with Gasteiger partial charge in [0.25, 0.3) is 11.8 Å². The maximum Gasteiger partial charge on any atom is 0.300 e. The van der Waals surface area contributed by atoms with Crippen molar-refractivity contribution in [3.05, 3.63) is 72.7 Å². The number of nitrogens with one attached hydrogen (secondary N) is 1. The Morgan fingerprint density at radius 1 is 1.04 bits per heavy atom. The van der Waals surface area contributed by atoms with Crippen LogP contribution in [-0.4, -0.2) is 27.3 Å². The number of rotatable bonds is 3. The maximum atomic E-state index is 13.0. The number of nitro groups is 1. The number of hydrazine groups is 1. The van der Waals surface area contributed by atoms with Gasteiger partial charge in [-0.25, -0.2) is 5.01 Å². The van der Waals surface area contributed by atoms with Crippen LogP contribution in [0.15, 0.2) is 36.4 Å². The van der Waals surface area contributed by atoms with Crippen LogP contribution in [0.1, 0.15) is 41.5 Å². The number of nitrogens with zero attached hydrogens (tertiary/aromatic N) is 2. The van der Waals surface area contributed by atoms with Gasteiger partial charge >= 0.3 is 5.69 Å². The number of halogens is 3. The summed E-state index contributed by atoms with van der Waals surface area (Å²) >= 11 is 17.8. The maximum absolute atomic E-state index is 13.0. The summed E-state index contributed by atoms with van der Waals surface area (Å²) in [5.74, 6) is -1.46. The zero-order valence-corrected chi connectivity index (χ0v) is 17.4. The lowest BCUT2D eigenvalue weighted by Gasteiger charge is -2.35. The number of nitro benzene ring substituents is 1. The van der Waals surface area contributed by atoms with Crippen LogP contribution in [0.5, 0.6) is 0 Å². The van der Waals surface area contributed by atoms with Crippen LogP contribution in [0.2, 0.25) is 15.1 Å². The van der Waals surface area contributed by atoms with Crippen molar-refractivity contribution in [2.24, 2.45) is 0 Å². The topological polar surface area (TPSA) is 92.6 Å². The van der Waals surface area contributed by atoms with Gasteiger partial charge in [0.15, 0.2) is 0 Å². The Labute approximate surface area is 176 Å². The molecule has 2 rings (SSSR count). The Bertz CT molecular complexity index is 958. The van der Waals surface area contributed by atoms with Crippen molar-refractivity contribution >= 4 is 52.3 Å². The number of hydrogen-bond donors (Lipinski definition) is 1. The van der Waals surface area contributed by atoms with E-state index in [1.165, 1.54) is 36.4 Å². The summed E-state index contributed by atoms with van der Waals surface area (Å²) in [4.78, 5) is 36.3. The monoisotopic (exact) mass is 443 g/mol. The molecule has 0 radical (unpaired) electrons. The minimum absolute atomic E-state index is 0.106. The Morgan fingerprint density at radius 3 is 2.21 bits per heavy atom. The van der Waals surface area contributed by atoms with Crippen LogP contribution in [0.4, 0.5) is 5.69 Å². The number of para-hydroxylation sites is 1. The van der Waals surface area contributed by atoms with E-state index in [2.05, 4.69) is 5.43 Å². The second-order valence-corrected chi connectivity index (χ2v) is 8.02. The molecule has 2 aromatic carbocycles. The molecule has 0 saturated carbocycles. The normalized spacial score (nSPS) is 11.1. The Balaban J connectivity index is 2.44. The van der Waals surface area contributed by atoms with Gasteiger partial charge in [0.05, 0.1) is 21.0 Å². The molecule has 0 aromatic heterocycles. The number of amides is 2. The molecular weight excluding hydrogens is 429 g/mol. The largest absolute Gasteiger partial charge is 0.300 e. The van der Waals surface area contributed by atoms with Crippen LogP contribution in [-0.2, 0) is 0 Å². The highest BCUT2D eigenvalue weighted by atomic mass is 35.5. The van der Waals surface area contributed by atoms with E-state index in [4.69, 9.17) is 34.8 Å². The molecule has 2 amide bonds. The minimum Gasteiger partial charge on any atom is -0.267 e. The first kappa shape index (κ1) is 21.9. The highest BCUT2D eigenvalue weighted by Gasteiger charge is 2.33. The van der Waals surface area contributed by atoms with Crippen LogP contribution in [0.25, 0.3) is 0 Å². The molecule has 0 aliphatic heterocycles. The lowest BCUT2D eigenvalue weighted by atomic mass is 10.1. The van der Waals surface area contributed by atoms with Gasteiger partial charge in [0, 0.05) is 5.02 Å². The van der Waals surface area contributed by atoms with Crippen molar-refractivity contribution < 1.29 is 14.5 Å². The summed E-state index contributed by atoms with van der Waals surface area (Å²) < 4.78 is 0. The van der Waals surface area contributed by atoms with Crippen LogP contribution in [0.3, 0.4) is 0 Å². The van der Waals surface area contributed by atoms with Crippen LogP contribution >= 0.6 is 34.8 Å². The van der Waals surface area contributed by atoms with Crippen LogP contribution < -0.4 is 5.43 Å². The van der Waals surface area contributed by atoms with Crippen molar-refractivity contribution in [1.29, 1.82) is 0 Å². The molecule has 0 spiro atoms. The van der Waals surface area contributed by atoms with E-state index in [-0.39, 0.29) is 21.2 Å². The first-order chi connectivity index (χ1) is 12.9. The molecule has 28 heavy (non-hydrogen) atoms. The number of carbonyl (C=O) groups is 2. The quantitative estimate of drug-likeness (QED) is 0.524. The molecule has 0 heterocycles. The standard InChI is InChI=1S/C18H16Cl3N3O4/c1-18(2,3)23(17(26)11-8-7-10(19)9-14(11)21)22-16(25)12-5-4-6-13(20)15(12)24(27)28/h4-9H,1-3H3,(H,22,25). The number of hydrogen-bond acceptors (Lipinski definition) is 4. The van der Waals surface area contributed by atoms with Gasteiger partial charge in [-0.15, -0.1) is 0 Å². The predicted octanol–water partition coefficient (Wildman–Crippen LogP) is 5.14. The third kappa shape index (κ3) is 4.73. The summed E-state index contributed by atoms with van der Waals surface area (Å²) in [6, 6.07) is 8.28. The molecule has 0 saturated heterocycles. The Kier molecular flexibility index (Phi) is 6.54. The fourth-order valence-electron chi connectivity index (χ4n) is 2.35. The lowest BCUT2D eigenvalue weighted by Crippen LogP contribution is -2.56. The molecule has 0 fully saturated rings.